The van der Waals surface area contributed by atoms with E-state index in [9.17, 15) is 0 Å². The Morgan fingerprint density at radius 3 is 2.85 bits per heavy atom. The van der Waals surface area contributed by atoms with Crippen LogP contribution in [0.1, 0.15) is 28.8 Å². The van der Waals surface area contributed by atoms with E-state index in [1.807, 2.05) is 6.92 Å². The molecule has 9 heteroatoms. The van der Waals surface area contributed by atoms with Gasteiger partial charge < -0.3 is 10.6 Å². The topological polar surface area (TPSA) is 67.7 Å². The molecular formula is C17H24Cl2N6S. The molecule has 3 aromatic heterocycles. The first-order valence-corrected chi connectivity index (χ1v) is 9.17. The molecular weight excluding hydrogens is 391 g/mol. The first kappa shape index (κ1) is 20.9. The van der Waals surface area contributed by atoms with Crippen LogP contribution in [0.3, 0.4) is 0 Å². The highest BCUT2D eigenvalue weighted by Crippen LogP contribution is 2.35. The molecule has 2 N–H and O–H groups in total. The summed E-state index contributed by atoms with van der Waals surface area (Å²) in [5.74, 6) is 0.952. The summed E-state index contributed by atoms with van der Waals surface area (Å²) in [7, 11) is 0. The molecule has 0 aromatic carbocycles. The molecule has 1 unspecified atom stereocenters. The molecule has 142 valence electrons. The molecule has 0 spiro atoms. The van der Waals surface area contributed by atoms with E-state index >= 15 is 0 Å². The Morgan fingerprint density at radius 1 is 1.31 bits per heavy atom. The third-order valence-corrected chi connectivity index (χ3v) is 5.58. The third kappa shape index (κ3) is 3.96. The Morgan fingerprint density at radius 2 is 2.12 bits per heavy atom. The van der Waals surface area contributed by atoms with Crippen molar-refractivity contribution in [1.82, 2.24) is 25.1 Å². The summed E-state index contributed by atoms with van der Waals surface area (Å²) in [6, 6.07) is 2.34. The minimum absolute atomic E-state index is 0. The van der Waals surface area contributed by atoms with Crippen LogP contribution in [0.25, 0.3) is 10.2 Å². The van der Waals surface area contributed by atoms with Crippen LogP contribution in [-0.4, -0.2) is 32.3 Å². The molecule has 0 amide bonds. The number of nitrogens with one attached hydrogen (secondary N) is 2. The Kier molecular flexibility index (Phi) is 6.85. The zero-order chi connectivity index (χ0) is 16.7. The average molecular weight is 415 g/mol. The van der Waals surface area contributed by atoms with Crippen molar-refractivity contribution < 1.29 is 0 Å². The van der Waals surface area contributed by atoms with Gasteiger partial charge in [0.05, 0.1) is 17.6 Å². The highest BCUT2D eigenvalue weighted by atomic mass is 35.5. The van der Waals surface area contributed by atoms with Gasteiger partial charge >= 0.3 is 0 Å². The number of anilines is 1. The molecule has 0 saturated carbocycles. The highest BCUT2D eigenvalue weighted by molar-refractivity contribution is 7.18. The second kappa shape index (κ2) is 8.52. The fourth-order valence-corrected chi connectivity index (χ4v) is 4.52. The van der Waals surface area contributed by atoms with Crippen LogP contribution < -0.4 is 10.6 Å². The van der Waals surface area contributed by atoms with Crippen molar-refractivity contribution in [2.45, 2.75) is 46.3 Å². The second-order valence-corrected chi connectivity index (χ2v) is 7.57. The van der Waals surface area contributed by atoms with Crippen LogP contribution >= 0.6 is 36.2 Å². The lowest BCUT2D eigenvalue weighted by Gasteiger charge is -2.17. The molecule has 0 radical (unpaired) electrons. The van der Waals surface area contributed by atoms with Gasteiger partial charge in [-0.3, -0.25) is 4.68 Å². The van der Waals surface area contributed by atoms with E-state index in [1.165, 1.54) is 21.5 Å². The minimum atomic E-state index is 0. The van der Waals surface area contributed by atoms with Crippen LogP contribution in [0.2, 0.25) is 0 Å². The predicted molar refractivity (Wildman–Crippen MR) is 112 cm³/mol. The summed E-state index contributed by atoms with van der Waals surface area (Å²) in [5, 5.41) is 12.8. The number of aromatic nitrogens is 4. The maximum atomic E-state index is 4.55. The van der Waals surface area contributed by atoms with Crippen molar-refractivity contribution >= 4 is 52.2 Å². The quantitative estimate of drug-likeness (QED) is 0.683. The Hall–Kier alpha value is -1.41. The summed E-state index contributed by atoms with van der Waals surface area (Å²) >= 11 is 1.78. The van der Waals surface area contributed by atoms with E-state index in [0.717, 1.165) is 42.4 Å². The van der Waals surface area contributed by atoms with Gasteiger partial charge in [0.25, 0.3) is 0 Å². The highest BCUT2D eigenvalue weighted by Gasteiger charge is 2.20. The molecule has 0 aliphatic carbocycles. The number of fused-ring (bicyclic) bond motifs is 3. The monoisotopic (exact) mass is 414 g/mol. The smallest absolute Gasteiger partial charge is 0.138 e. The number of hydrogen-bond acceptors (Lipinski definition) is 6. The van der Waals surface area contributed by atoms with Crippen molar-refractivity contribution in [1.29, 1.82) is 0 Å². The lowest BCUT2D eigenvalue weighted by molar-refractivity contribution is 0.545. The molecule has 0 fully saturated rings. The summed E-state index contributed by atoms with van der Waals surface area (Å²) in [6.45, 7) is 9.08. The van der Waals surface area contributed by atoms with E-state index in [-0.39, 0.29) is 30.9 Å². The second-order valence-electron chi connectivity index (χ2n) is 6.49. The minimum Gasteiger partial charge on any atom is -0.365 e. The number of thiophene rings is 1. The van der Waals surface area contributed by atoms with Gasteiger partial charge in [-0.15, -0.1) is 36.2 Å². The van der Waals surface area contributed by atoms with Crippen LogP contribution in [0, 0.1) is 13.8 Å². The number of rotatable bonds is 4. The fraction of sp³-hybridized carbons (Fsp3) is 0.471. The largest absolute Gasteiger partial charge is 0.365 e. The van der Waals surface area contributed by atoms with Gasteiger partial charge in [-0.05, 0) is 45.4 Å². The van der Waals surface area contributed by atoms with Crippen LogP contribution in [-0.2, 0) is 19.5 Å². The van der Waals surface area contributed by atoms with Crippen molar-refractivity contribution in [3.05, 3.63) is 34.2 Å². The van der Waals surface area contributed by atoms with Crippen molar-refractivity contribution in [2.24, 2.45) is 0 Å². The summed E-state index contributed by atoms with van der Waals surface area (Å²) in [4.78, 5) is 11.5. The van der Waals surface area contributed by atoms with Gasteiger partial charge in [0, 0.05) is 23.2 Å². The van der Waals surface area contributed by atoms with Gasteiger partial charge in [-0.25, -0.2) is 9.97 Å². The van der Waals surface area contributed by atoms with Crippen molar-refractivity contribution in [3.8, 4) is 0 Å². The first-order chi connectivity index (χ1) is 11.6. The fourth-order valence-electron chi connectivity index (χ4n) is 3.37. The van der Waals surface area contributed by atoms with E-state index in [0.29, 0.717) is 0 Å². The maximum absolute atomic E-state index is 4.55. The maximum Gasteiger partial charge on any atom is 0.138 e. The molecule has 1 atom stereocenters. The Labute approximate surface area is 169 Å². The SMILES string of the molecule is Cc1cc(C)n(CC(C)Nc2ncnc3sc4c(c23)CCNC4)n1.Cl.Cl. The predicted octanol–water partition coefficient (Wildman–Crippen LogP) is 3.49. The molecule has 4 rings (SSSR count). The van der Waals surface area contributed by atoms with E-state index in [2.05, 4.69) is 50.3 Å². The molecule has 0 bridgehead atoms. The lowest BCUT2D eigenvalue weighted by Crippen LogP contribution is -2.25. The summed E-state index contributed by atoms with van der Waals surface area (Å²) < 4.78 is 2.05. The van der Waals surface area contributed by atoms with Crippen molar-refractivity contribution in [3.63, 3.8) is 0 Å². The van der Waals surface area contributed by atoms with Gasteiger partial charge in [0.1, 0.15) is 17.0 Å². The number of halogens is 2. The van der Waals surface area contributed by atoms with E-state index in [1.54, 1.807) is 17.7 Å². The number of nitrogens with zero attached hydrogens (tertiary/aromatic N) is 4. The molecule has 0 saturated heterocycles. The number of hydrogen-bond donors (Lipinski definition) is 2. The van der Waals surface area contributed by atoms with Crippen LogP contribution in [0.4, 0.5) is 5.82 Å². The molecule has 1 aliphatic rings. The zero-order valence-electron chi connectivity index (χ0n) is 15.1. The van der Waals surface area contributed by atoms with E-state index < -0.39 is 0 Å². The molecule has 3 aromatic rings. The summed E-state index contributed by atoms with van der Waals surface area (Å²) in [5.41, 5.74) is 3.66. The molecule has 26 heavy (non-hydrogen) atoms. The molecule has 1 aliphatic heterocycles. The third-order valence-electron chi connectivity index (χ3n) is 4.44. The van der Waals surface area contributed by atoms with Crippen LogP contribution in [0.15, 0.2) is 12.4 Å². The lowest BCUT2D eigenvalue weighted by atomic mass is 10.1. The molecule has 6 nitrogen and oxygen atoms in total. The van der Waals surface area contributed by atoms with Crippen molar-refractivity contribution in [2.75, 3.05) is 11.9 Å². The van der Waals surface area contributed by atoms with Gasteiger partial charge in [-0.1, -0.05) is 0 Å². The van der Waals surface area contributed by atoms with Gasteiger partial charge in [0.15, 0.2) is 0 Å². The Balaban J connectivity index is 0.00000121. The number of aryl methyl sites for hydroxylation is 2. The van der Waals surface area contributed by atoms with Gasteiger partial charge in [-0.2, -0.15) is 5.10 Å². The zero-order valence-corrected chi connectivity index (χ0v) is 17.5. The first-order valence-electron chi connectivity index (χ1n) is 8.35. The normalized spacial score (nSPS) is 14.3. The Bertz CT molecular complexity index is 891. The van der Waals surface area contributed by atoms with E-state index in [4.69, 9.17) is 0 Å². The van der Waals surface area contributed by atoms with Crippen LogP contribution in [0.5, 0.6) is 0 Å². The summed E-state index contributed by atoms with van der Waals surface area (Å²) in [6.07, 6.45) is 2.71. The van der Waals surface area contributed by atoms with Gasteiger partial charge in [0.2, 0.25) is 0 Å². The standard InChI is InChI=1S/C17H22N6S.2ClH/c1-10-6-12(3)23(22-10)8-11(2)21-16-15-13-4-5-18-7-14(13)24-17(15)20-9-19-16;;/h6,9,11,18H,4-5,7-8H2,1-3H3,(H,19,20,21);2*1H. The molecule has 4 heterocycles. The average Bonchev–Trinajstić information content (AvgIpc) is 3.07.